The number of carbonyl (C=O) groups is 1. The molecule has 0 aliphatic carbocycles. The molecule has 3 aromatic rings. The molecule has 138 valence electrons. The fourth-order valence-electron chi connectivity index (χ4n) is 3.28. The quantitative estimate of drug-likeness (QED) is 0.725. The van der Waals surface area contributed by atoms with Gasteiger partial charge in [0, 0.05) is 30.9 Å². The maximum absolute atomic E-state index is 13.0. The van der Waals surface area contributed by atoms with Crippen LogP contribution in [0.3, 0.4) is 0 Å². The second-order valence-electron chi connectivity index (χ2n) is 6.50. The smallest absolute Gasteiger partial charge is 0.263 e. The largest absolute Gasteiger partial charge is 0.337 e. The molecule has 0 spiro atoms. The summed E-state index contributed by atoms with van der Waals surface area (Å²) in [5, 5.41) is 5.02. The zero-order chi connectivity index (χ0) is 18.6. The van der Waals surface area contributed by atoms with Gasteiger partial charge in [-0.15, -0.1) is 11.3 Å². The lowest BCUT2D eigenvalue weighted by atomic mass is 9.94. The summed E-state index contributed by atoms with van der Waals surface area (Å²) in [6.45, 7) is 1.43. The molecule has 27 heavy (non-hydrogen) atoms. The number of piperidine rings is 1. The average Bonchev–Trinajstić information content (AvgIpc) is 3.24. The Balaban J connectivity index is 1.47. The van der Waals surface area contributed by atoms with Crippen LogP contribution in [0.25, 0.3) is 0 Å². The fraction of sp³-hybridized carbons (Fsp3) is 0.250. The Labute approximate surface area is 160 Å². The highest BCUT2D eigenvalue weighted by atomic mass is 32.1. The minimum absolute atomic E-state index is 0.0911. The average molecular weight is 382 g/mol. The molecule has 1 atom stereocenters. The molecule has 3 heterocycles. The minimum atomic E-state index is -0.284. The van der Waals surface area contributed by atoms with E-state index in [4.69, 9.17) is 0 Å². The van der Waals surface area contributed by atoms with E-state index in [0.717, 1.165) is 35.6 Å². The number of nitrogens with zero attached hydrogens (tertiary/aromatic N) is 3. The van der Waals surface area contributed by atoms with Gasteiger partial charge in [0.2, 0.25) is 5.95 Å². The zero-order valence-electron chi connectivity index (χ0n) is 14.6. The fourth-order valence-corrected chi connectivity index (χ4v) is 3.97. The van der Waals surface area contributed by atoms with Gasteiger partial charge in [-0.3, -0.25) is 4.79 Å². The number of anilines is 2. The molecule has 1 aliphatic heterocycles. The normalized spacial score (nSPS) is 16.9. The number of carbonyl (C=O) groups excluding carboxylic acids is 1. The van der Waals surface area contributed by atoms with Gasteiger partial charge in [-0.1, -0.05) is 6.07 Å². The second kappa shape index (κ2) is 7.84. The van der Waals surface area contributed by atoms with E-state index in [1.165, 1.54) is 23.5 Å². The molecule has 5 nitrogen and oxygen atoms in total. The third kappa shape index (κ3) is 4.14. The SMILES string of the molecule is O=C(c1cccs1)N1CCC[C@H](c2ccnc(Nc3ccc(F)cc3)n2)C1. The van der Waals surface area contributed by atoms with Crippen LogP contribution < -0.4 is 5.32 Å². The van der Waals surface area contributed by atoms with Crippen molar-refractivity contribution in [2.75, 3.05) is 18.4 Å². The number of thiophene rings is 1. The molecule has 0 radical (unpaired) electrons. The first-order chi connectivity index (χ1) is 13.2. The van der Waals surface area contributed by atoms with Gasteiger partial charge >= 0.3 is 0 Å². The van der Waals surface area contributed by atoms with Crippen molar-refractivity contribution in [1.29, 1.82) is 0 Å². The third-order valence-corrected chi connectivity index (χ3v) is 5.49. The Kier molecular flexibility index (Phi) is 5.11. The molecule has 1 aromatic carbocycles. The van der Waals surface area contributed by atoms with Crippen molar-refractivity contribution < 1.29 is 9.18 Å². The zero-order valence-corrected chi connectivity index (χ0v) is 15.5. The summed E-state index contributed by atoms with van der Waals surface area (Å²) in [6, 6.07) is 11.7. The molecule has 0 saturated carbocycles. The Morgan fingerprint density at radius 2 is 2.07 bits per heavy atom. The number of benzene rings is 1. The van der Waals surface area contributed by atoms with Gasteiger partial charge in [0.25, 0.3) is 5.91 Å². The highest BCUT2D eigenvalue weighted by Gasteiger charge is 2.27. The third-order valence-electron chi connectivity index (χ3n) is 4.64. The van der Waals surface area contributed by atoms with Gasteiger partial charge in [0.05, 0.1) is 10.6 Å². The van der Waals surface area contributed by atoms with Crippen molar-refractivity contribution in [1.82, 2.24) is 14.9 Å². The van der Waals surface area contributed by atoms with Crippen LogP contribution in [0.15, 0.2) is 54.0 Å². The first-order valence-electron chi connectivity index (χ1n) is 8.87. The van der Waals surface area contributed by atoms with E-state index in [-0.39, 0.29) is 17.6 Å². The first-order valence-corrected chi connectivity index (χ1v) is 9.75. The summed E-state index contributed by atoms with van der Waals surface area (Å²) in [4.78, 5) is 24.2. The Morgan fingerprint density at radius 1 is 1.22 bits per heavy atom. The molecule has 1 amide bonds. The van der Waals surface area contributed by atoms with E-state index in [1.807, 2.05) is 28.5 Å². The van der Waals surface area contributed by atoms with E-state index in [2.05, 4.69) is 15.3 Å². The van der Waals surface area contributed by atoms with E-state index in [9.17, 15) is 9.18 Å². The Bertz CT molecular complexity index is 914. The molecular formula is C20H19FN4OS. The first kappa shape index (κ1) is 17.6. The Morgan fingerprint density at radius 3 is 2.85 bits per heavy atom. The molecule has 4 rings (SSSR count). The van der Waals surface area contributed by atoms with Gasteiger partial charge in [0.1, 0.15) is 5.82 Å². The number of amides is 1. The van der Waals surface area contributed by atoms with Crippen LogP contribution in [0.5, 0.6) is 0 Å². The molecule has 1 saturated heterocycles. The molecule has 1 aliphatic rings. The van der Waals surface area contributed by atoms with Crippen LogP contribution in [0, 0.1) is 5.82 Å². The lowest BCUT2D eigenvalue weighted by Crippen LogP contribution is -2.39. The maximum atomic E-state index is 13.0. The summed E-state index contributed by atoms with van der Waals surface area (Å²) in [7, 11) is 0. The lowest BCUT2D eigenvalue weighted by molar-refractivity contribution is 0.0711. The molecular weight excluding hydrogens is 363 g/mol. The number of nitrogens with one attached hydrogen (secondary N) is 1. The van der Waals surface area contributed by atoms with Gasteiger partial charge in [-0.25, -0.2) is 14.4 Å². The predicted molar refractivity (Wildman–Crippen MR) is 104 cm³/mol. The number of aromatic nitrogens is 2. The second-order valence-corrected chi connectivity index (χ2v) is 7.45. The van der Waals surface area contributed by atoms with Crippen molar-refractivity contribution in [3.05, 3.63) is 70.4 Å². The molecule has 0 bridgehead atoms. The van der Waals surface area contributed by atoms with E-state index in [0.29, 0.717) is 12.5 Å². The number of hydrogen-bond donors (Lipinski definition) is 1. The lowest BCUT2D eigenvalue weighted by Gasteiger charge is -2.32. The highest BCUT2D eigenvalue weighted by Crippen LogP contribution is 2.28. The maximum Gasteiger partial charge on any atom is 0.263 e. The Hall–Kier alpha value is -2.80. The molecule has 1 fully saturated rings. The van der Waals surface area contributed by atoms with Gasteiger partial charge < -0.3 is 10.2 Å². The van der Waals surface area contributed by atoms with E-state index in [1.54, 1.807) is 18.3 Å². The van der Waals surface area contributed by atoms with Crippen LogP contribution in [0.1, 0.15) is 34.1 Å². The van der Waals surface area contributed by atoms with Crippen molar-refractivity contribution in [2.45, 2.75) is 18.8 Å². The molecule has 1 N–H and O–H groups in total. The standard InChI is InChI=1S/C20H19FN4OS/c21-15-5-7-16(8-6-15)23-20-22-10-9-17(24-20)14-3-1-11-25(13-14)19(26)18-4-2-12-27-18/h2,4-10,12,14H,1,3,11,13H2,(H,22,23,24)/t14-/m0/s1. The summed E-state index contributed by atoms with van der Waals surface area (Å²) < 4.78 is 13.0. The van der Waals surface area contributed by atoms with Crippen LogP contribution >= 0.6 is 11.3 Å². The van der Waals surface area contributed by atoms with Crippen molar-refractivity contribution in [3.8, 4) is 0 Å². The number of hydrogen-bond acceptors (Lipinski definition) is 5. The van der Waals surface area contributed by atoms with Gasteiger partial charge in [-0.2, -0.15) is 0 Å². The summed E-state index contributed by atoms with van der Waals surface area (Å²) in [6.07, 6.45) is 3.65. The molecule has 7 heteroatoms. The van der Waals surface area contributed by atoms with Crippen molar-refractivity contribution >= 4 is 28.9 Å². The minimum Gasteiger partial charge on any atom is -0.337 e. The van der Waals surface area contributed by atoms with Crippen LogP contribution in [0.2, 0.25) is 0 Å². The van der Waals surface area contributed by atoms with Crippen LogP contribution in [0.4, 0.5) is 16.0 Å². The molecule has 0 unspecified atom stereocenters. The van der Waals surface area contributed by atoms with E-state index < -0.39 is 0 Å². The van der Waals surface area contributed by atoms with Crippen LogP contribution in [-0.4, -0.2) is 33.9 Å². The monoisotopic (exact) mass is 382 g/mol. The summed E-state index contributed by atoms with van der Waals surface area (Å²) in [5.41, 5.74) is 1.64. The van der Waals surface area contributed by atoms with Crippen molar-refractivity contribution in [3.63, 3.8) is 0 Å². The predicted octanol–water partition coefficient (Wildman–Crippen LogP) is 4.44. The molecule has 2 aromatic heterocycles. The highest BCUT2D eigenvalue weighted by molar-refractivity contribution is 7.12. The number of rotatable bonds is 4. The topological polar surface area (TPSA) is 58.1 Å². The van der Waals surface area contributed by atoms with Crippen LogP contribution in [-0.2, 0) is 0 Å². The summed E-state index contributed by atoms with van der Waals surface area (Å²) in [5.74, 6) is 0.460. The van der Waals surface area contributed by atoms with Crippen molar-refractivity contribution in [2.24, 2.45) is 0 Å². The van der Waals surface area contributed by atoms with Gasteiger partial charge in [-0.05, 0) is 54.6 Å². The number of likely N-dealkylation sites (tertiary alicyclic amines) is 1. The van der Waals surface area contributed by atoms with Gasteiger partial charge in [0.15, 0.2) is 0 Å². The van der Waals surface area contributed by atoms with E-state index >= 15 is 0 Å². The summed E-state index contributed by atoms with van der Waals surface area (Å²) >= 11 is 1.47. The number of halogens is 1.